The second kappa shape index (κ2) is 4.94. The number of benzene rings is 1. The van der Waals surface area contributed by atoms with Gasteiger partial charge in [0.2, 0.25) is 0 Å². The Morgan fingerprint density at radius 1 is 1.17 bits per heavy atom. The van der Waals surface area contributed by atoms with Crippen LogP contribution in [0.4, 0.5) is 0 Å². The fourth-order valence-corrected chi connectivity index (χ4v) is 3.23. The molecule has 2 rings (SSSR count). The van der Waals surface area contributed by atoms with E-state index in [2.05, 4.69) is 5.16 Å². The third kappa shape index (κ3) is 3.20. The van der Waals surface area contributed by atoms with Crippen molar-refractivity contribution in [2.45, 2.75) is 25.4 Å². The number of rotatable bonds is 4. The fraction of sp³-hybridized carbons (Fsp3) is 0.308. The summed E-state index contributed by atoms with van der Waals surface area (Å²) in [6.07, 6.45) is 0. The van der Waals surface area contributed by atoms with Crippen LogP contribution in [0, 0.1) is 13.8 Å². The first-order chi connectivity index (χ1) is 8.46. The molecule has 0 amide bonds. The lowest BCUT2D eigenvalue weighted by Gasteiger charge is -2.05. The van der Waals surface area contributed by atoms with E-state index in [0.717, 1.165) is 11.1 Å². The van der Waals surface area contributed by atoms with Crippen LogP contribution in [0.25, 0.3) is 0 Å². The smallest absolute Gasteiger partial charge is 0.161 e. The number of hydrogen-bond donors (Lipinski definition) is 0. The van der Waals surface area contributed by atoms with Crippen LogP contribution in [0.15, 0.2) is 34.9 Å². The predicted molar refractivity (Wildman–Crippen MR) is 68.7 cm³/mol. The molecule has 0 bridgehead atoms. The molecule has 0 aliphatic rings. The van der Waals surface area contributed by atoms with Crippen molar-refractivity contribution in [2.24, 2.45) is 0 Å². The Bertz CT molecular complexity index is 644. The molecule has 18 heavy (non-hydrogen) atoms. The Kier molecular flexibility index (Phi) is 3.52. The molecule has 0 fully saturated rings. The van der Waals surface area contributed by atoms with Gasteiger partial charge in [-0.1, -0.05) is 29.4 Å². The number of aryl methyl sites for hydroxylation is 2. The summed E-state index contributed by atoms with van der Waals surface area (Å²) >= 11 is 0. The standard InChI is InChI=1S/C13H15NO3S/c1-10-5-3-4-6-12(10)8-18(15,16)9-13-7-11(2)14-17-13/h3-7H,8-9H2,1-2H3. The molecule has 0 spiro atoms. The molecule has 0 unspecified atom stereocenters. The van der Waals surface area contributed by atoms with E-state index in [1.807, 2.05) is 31.2 Å². The van der Waals surface area contributed by atoms with E-state index in [1.165, 1.54) is 0 Å². The molecule has 96 valence electrons. The minimum absolute atomic E-state index is 0.0272. The Morgan fingerprint density at radius 3 is 2.50 bits per heavy atom. The molecule has 0 atom stereocenters. The maximum atomic E-state index is 12.0. The Morgan fingerprint density at radius 2 is 1.89 bits per heavy atom. The summed E-state index contributed by atoms with van der Waals surface area (Å²) in [5, 5.41) is 3.69. The molecule has 0 saturated carbocycles. The number of aromatic nitrogens is 1. The van der Waals surface area contributed by atoms with Crippen LogP contribution >= 0.6 is 0 Å². The van der Waals surface area contributed by atoms with Crippen LogP contribution in [-0.4, -0.2) is 13.6 Å². The van der Waals surface area contributed by atoms with Crippen LogP contribution in [0.1, 0.15) is 22.6 Å². The maximum Gasteiger partial charge on any atom is 0.161 e. The molecular formula is C13H15NO3S. The molecule has 1 aromatic carbocycles. The summed E-state index contributed by atoms with van der Waals surface area (Å²) < 4.78 is 29.0. The molecule has 1 aromatic heterocycles. The lowest BCUT2D eigenvalue weighted by atomic mass is 10.1. The van der Waals surface area contributed by atoms with Gasteiger partial charge in [0.1, 0.15) is 5.75 Å². The minimum Gasteiger partial charge on any atom is -0.360 e. The first-order valence-electron chi connectivity index (χ1n) is 5.63. The van der Waals surface area contributed by atoms with Crippen molar-refractivity contribution in [1.82, 2.24) is 5.16 Å². The molecule has 0 radical (unpaired) electrons. The van der Waals surface area contributed by atoms with Gasteiger partial charge in [0.25, 0.3) is 0 Å². The summed E-state index contributed by atoms with van der Waals surface area (Å²) in [5.41, 5.74) is 2.50. The van der Waals surface area contributed by atoms with Crippen molar-refractivity contribution in [3.63, 3.8) is 0 Å². The van der Waals surface area contributed by atoms with Gasteiger partial charge in [-0.15, -0.1) is 0 Å². The van der Waals surface area contributed by atoms with E-state index >= 15 is 0 Å². The molecule has 0 saturated heterocycles. The lowest BCUT2D eigenvalue weighted by molar-refractivity contribution is 0.388. The average molecular weight is 265 g/mol. The molecule has 0 aliphatic heterocycles. The Balaban J connectivity index is 2.15. The van der Waals surface area contributed by atoms with Gasteiger partial charge in [-0.3, -0.25) is 0 Å². The van der Waals surface area contributed by atoms with Crippen molar-refractivity contribution in [2.75, 3.05) is 0 Å². The topological polar surface area (TPSA) is 60.2 Å². The SMILES string of the molecule is Cc1cc(CS(=O)(=O)Cc2ccccc2C)on1. The summed E-state index contributed by atoms with van der Waals surface area (Å²) in [4.78, 5) is 0. The number of hydrogen-bond acceptors (Lipinski definition) is 4. The molecule has 1 heterocycles. The Labute approximate surface area is 107 Å². The lowest BCUT2D eigenvalue weighted by Crippen LogP contribution is -2.08. The van der Waals surface area contributed by atoms with Gasteiger partial charge in [0.15, 0.2) is 15.6 Å². The van der Waals surface area contributed by atoms with Gasteiger partial charge < -0.3 is 4.52 Å². The largest absolute Gasteiger partial charge is 0.360 e. The number of sulfone groups is 1. The van der Waals surface area contributed by atoms with E-state index in [-0.39, 0.29) is 11.5 Å². The van der Waals surface area contributed by atoms with Gasteiger partial charge in [-0.05, 0) is 25.0 Å². The Hall–Kier alpha value is -1.62. The fourth-order valence-electron chi connectivity index (χ4n) is 1.76. The minimum atomic E-state index is -3.23. The highest BCUT2D eigenvalue weighted by molar-refractivity contribution is 7.89. The highest BCUT2D eigenvalue weighted by Crippen LogP contribution is 2.15. The summed E-state index contributed by atoms with van der Waals surface area (Å²) in [6.45, 7) is 3.67. The van der Waals surface area contributed by atoms with E-state index < -0.39 is 9.84 Å². The quantitative estimate of drug-likeness (QED) is 0.851. The van der Waals surface area contributed by atoms with Crippen LogP contribution in [-0.2, 0) is 21.3 Å². The maximum absolute atomic E-state index is 12.0. The second-order valence-corrected chi connectivity index (χ2v) is 6.46. The van der Waals surface area contributed by atoms with Crippen molar-refractivity contribution in [3.8, 4) is 0 Å². The van der Waals surface area contributed by atoms with Crippen molar-refractivity contribution >= 4 is 9.84 Å². The summed E-state index contributed by atoms with van der Waals surface area (Å²) in [7, 11) is -3.23. The van der Waals surface area contributed by atoms with Gasteiger partial charge in [-0.25, -0.2) is 8.42 Å². The van der Waals surface area contributed by atoms with Crippen LogP contribution in [0.2, 0.25) is 0 Å². The van der Waals surface area contributed by atoms with Gasteiger partial charge in [0, 0.05) is 6.07 Å². The second-order valence-electron chi connectivity index (χ2n) is 4.39. The molecule has 0 N–H and O–H groups in total. The molecular weight excluding hydrogens is 250 g/mol. The first kappa shape index (κ1) is 12.8. The third-order valence-corrected chi connectivity index (χ3v) is 4.15. The van der Waals surface area contributed by atoms with Crippen molar-refractivity contribution < 1.29 is 12.9 Å². The van der Waals surface area contributed by atoms with Gasteiger partial charge >= 0.3 is 0 Å². The molecule has 4 nitrogen and oxygen atoms in total. The van der Waals surface area contributed by atoms with Gasteiger partial charge in [0.05, 0.1) is 11.4 Å². The first-order valence-corrected chi connectivity index (χ1v) is 7.45. The zero-order chi connectivity index (χ0) is 13.2. The van der Waals surface area contributed by atoms with Crippen molar-refractivity contribution in [1.29, 1.82) is 0 Å². The normalized spacial score (nSPS) is 11.7. The monoisotopic (exact) mass is 265 g/mol. The van der Waals surface area contributed by atoms with Crippen molar-refractivity contribution in [3.05, 3.63) is 52.9 Å². The van der Waals surface area contributed by atoms with E-state index in [4.69, 9.17) is 4.52 Å². The third-order valence-electron chi connectivity index (χ3n) is 2.68. The average Bonchev–Trinajstić information content (AvgIpc) is 2.66. The molecule has 2 aromatic rings. The molecule has 0 aliphatic carbocycles. The van der Waals surface area contributed by atoms with Crippen LogP contribution < -0.4 is 0 Å². The van der Waals surface area contributed by atoms with E-state index in [0.29, 0.717) is 11.5 Å². The number of nitrogens with zero attached hydrogens (tertiary/aromatic N) is 1. The van der Waals surface area contributed by atoms with E-state index in [9.17, 15) is 8.42 Å². The predicted octanol–water partition coefficient (Wildman–Crippen LogP) is 2.41. The van der Waals surface area contributed by atoms with E-state index in [1.54, 1.807) is 13.0 Å². The highest BCUT2D eigenvalue weighted by Gasteiger charge is 2.17. The van der Waals surface area contributed by atoms with Gasteiger partial charge in [-0.2, -0.15) is 0 Å². The summed E-state index contributed by atoms with van der Waals surface area (Å²) in [6, 6.07) is 9.12. The zero-order valence-electron chi connectivity index (χ0n) is 10.4. The summed E-state index contributed by atoms with van der Waals surface area (Å²) in [5.74, 6) is 0.308. The highest BCUT2D eigenvalue weighted by atomic mass is 32.2. The molecule has 5 heteroatoms. The zero-order valence-corrected chi connectivity index (χ0v) is 11.2. The van der Waals surface area contributed by atoms with Crippen LogP contribution in [0.3, 0.4) is 0 Å². The van der Waals surface area contributed by atoms with Crippen LogP contribution in [0.5, 0.6) is 0 Å².